The molecule has 0 N–H and O–H groups in total. The van der Waals surface area contributed by atoms with Gasteiger partial charge in [0.15, 0.2) is 0 Å². The molecule has 0 spiro atoms. The lowest BCUT2D eigenvalue weighted by Gasteiger charge is -2.25. The molecule has 1 atom stereocenters. The Labute approximate surface area is 140 Å². The van der Waals surface area contributed by atoms with E-state index in [0.717, 1.165) is 38.4 Å². The van der Waals surface area contributed by atoms with Gasteiger partial charge in [0.2, 0.25) is 0 Å². The molecule has 0 saturated carbocycles. The van der Waals surface area contributed by atoms with Gasteiger partial charge in [0, 0.05) is 16.9 Å². The first kappa shape index (κ1) is 14.4. The summed E-state index contributed by atoms with van der Waals surface area (Å²) in [6.07, 6.45) is 2.01. The smallest absolute Gasteiger partial charge is 0.255 e. The largest absolute Gasteiger partial charge is 0.332 e. The van der Waals surface area contributed by atoms with Gasteiger partial charge in [0.1, 0.15) is 0 Å². The zero-order valence-electron chi connectivity index (χ0n) is 10.7. The first-order valence-corrected chi connectivity index (χ1v) is 8.80. The van der Waals surface area contributed by atoms with E-state index in [-0.39, 0.29) is 11.9 Å². The molecule has 0 bridgehead atoms. The molecule has 1 amide bonds. The molecule has 1 fully saturated rings. The Morgan fingerprint density at radius 2 is 2.20 bits per heavy atom. The number of hydrogen-bond donors (Lipinski definition) is 0. The first-order chi connectivity index (χ1) is 9.66. The second-order valence-corrected chi connectivity index (χ2v) is 8.03. The van der Waals surface area contributed by atoms with Crippen LogP contribution in [0.5, 0.6) is 0 Å². The van der Waals surface area contributed by atoms with E-state index in [1.165, 1.54) is 0 Å². The molecule has 1 saturated heterocycles. The highest BCUT2D eigenvalue weighted by molar-refractivity contribution is 14.1. The summed E-state index contributed by atoms with van der Waals surface area (Å²) in [5, 5.41) is 2.68. The summed E-state index contributed by atoms with van der Waals surface area (Å²) in [7, 11) is 0. The van der Waals surface area contributed by atoms with Crippen molar-refractivity contribution in [3.05, 3.63) is 54.7 Å². The molecule has 1 aliphatic rings. The minimum absolute atomic E-state index is 0.105. The van der Waals surface area contributed by atoms with Crippen molar-refractivity contribution in [3.8, 4) is 0 Å². The molecule has 0 radical (unpaired) electrons. The highest BCUT2D eigenvalue weighted by atomic mass is 127. The standard InChI is InChI=1S/C15H13ClINOS/c16-12-5-2-1-4-11(12)13-6-3-7-18(13)15(19)10-8-14(17)20-9-10/h1-2,4-5,8-9,13H,3,6-7H2. The minimum Gasteiger partial charge on any atom is -0.332 e. The lowest BCUT2D eigenvalue weighted by atomic mass is 10.0. The molecular weight excluding hydrogens is 405 g/mol. The maximum absolute atomic E-state index is 12.6. The molecule has 5 heteroatoms. The molecule has 2 aromatic rings. The third kappa shape index (κ3) is 2.73. The number of hydrogen-bond acceptors (Lipinski definition) is 2. The molecular formula is C15H13ClINOS. The van der Waals surface area contributed by atoms with Crippen molar-refractivity contribution in [3.63, 3.8) is 0 Å². The molecule has 0 aliphatic carbocycles. The summed E-state index contributed by atoms with van der Waals surface area (Å²) < 4.78 is 1.14. The molecule has 3 rings (SSSR count). The Balaban J connectivity index is 1.90. The van der Waals surface area contributed by atoms with Crippen LogP contribution in [-0.2, 0) is 0 Å². The lowest BCUT2D eigenvalue weighted by molar-refractivity contribution is 0.0736. The van der Waals surface area contributed by atoms with Crippen molar-refractivity contribution in [2.75, 3.05) is 6.54 Å². The Morgan fingerprint density at radius 3 is 2.90 bits per heavy atom. The molecule has 1 aromatic heterocycles. The SMILES string of the molecule is O=C(c1csc(I)c1)N1CCCC1c1ccccc1Cl. The highest BCUT2D eigenvalue weighted by Gasteiger charge is 2.31. The Hall–Kier alpha value is -0.590. The fourth-order valence-electron chi connectivity index (χ4n) is 2.67. The summed E-state index contributed by atoms with van der Waals surface area (Å²) in [4.78, 5) is 14.6. The van der Waals surface area contributed by atoms with Gasteiger partial charge in [-0.15, -0.1) is 11.3 Å². The monoisotopic (exact) mass is 417 g/mol. The van der Waals surface area contributed by atoms with Crippen molar-refractivity contribution in [2.24, 2.45) is 0 Å². The van der Waals surface area contributed by atoms with Crippen LogP contribution in [0.2, 0.25) is 5.02 Å². The average Bonchev–Trinajstić information content (AvgIpc) is 3.07. The number of rotatable bonds is 2. The summed E-state index contributed by atoms with van der Waals surface area (Å²) in [5.41, 5.74) is 1.85. The molecule has 2 heterocycles. The fourth-order valence-corrected chi connectivity index (χ4v) is 4.25. The summed E-state index contributed by atoms with van der Waals surface area (Å²) in [6.45, 7) is 0.807. The summed E-state index contributed by atoms with van der Waals surface area (Å²) in [6, 6.07) is 9.88. The van der Waals surface area contributed by atoms with Gasteiger partial charge in [-0.1, -0.05) is 29.8 Å². The number of nitrogens with zero attached hydrogens (tertiary/aromatic N) is 1. The number of halogens is 2. The van der Waals surface area contributed by atoms with Crippen LogP contribution in [0.25, 0.3) is 0 Å². The van der Waals surface area contributed by atoms with E-state index >= 15 is 0 Å². The van der Waals surface area contributed by atoms with Crippen LogP contribution < -0.4 is 0 Å². The van der Waals surface area contributed by atoms with Crippen LogP contribution in [0.3, 0.4) is 0 Å². The van der Waals surface area contributed by atoms with Crippen LogP contribution in [0.15, 0.2) is 35.7 Å². The molecule has 2 nitrogen and oxygen atoms in total. The number of likely N-dealkylation sites (tertiary alicyclic amines) is 1. The molecule has 1 aliphatic heterocycles. The Kier molecular flexibility index (Phi) is 4.33. The van der Waals surface area contributed by atoms with E-state index in [1.807, 2.05) is 40.6 Å². The third-order valence-electron chi connectivity index (χ3n) is 3.59. The van der Waals surface area contributed by atoms with E-state index in [9.17, 15) is 4.79 Å². The van der Waals surface area contributed by atoms with Crippen molar-refractivity contribution in [1.82, 2.24) is 4.90 Å². The van der Waals surface area contributed by atoms with Gasteiger partial charge in [0.25, 0.3) is 5.91 Å². The van der Waals surface area contributed by atoms with Crippen molar-refractivity contribution < 1.29 is 4.79 Å². The van der Waals surface area contributed by atoms with E-state index < -0.39 is 0 Å². The quantitative estimate of drug-likeness (QED) is 0.631. The molecule has 20 heavy (non-hydrogen) atoms. The third-order valence-corrected chi connectivity index (χ3v) is 5.73. The van der Waals surface area contributed by atoms with Gasteiger partial charge in [-0.25, -0.2) is 0 Å². The van der Waals surface area contributed by atoms with Gasteiger partial charge in [-0.2, -0.15) is 0 Å². The van der Waals surface area contributed by atoms with Gasteiger partial charge in [0.05, 0.1) is 14.5 Å². The van der Waals surface area contributed by atoms with E-state index in [1.54, 1.807) is 11.3 Å². The summed E-state index contributed by atoms with van der Waals surface area (Å²) in [5.74, 6) is 0.117. The molecule has 104 valence electrons. The van der Waals surface area contributed by atoms with Crippen molar-refractivity contribution in [2.45, 2.75) is 18.9 Å². The first-order valence-electron chi connectivity index (χ1n) is 6.46. The normalized spacial score (nSPS) is 18.5. The van der Waals surface area contributed by atoms with E-state index in [4.69, 9.17) is 11.6 Å². The zero-order valence-corrected chi connectivity index (χ0v) is 14.4. The maximum atomic E-state index is 12.6. The van der Waals surface area contributed by atoms with Crippen LogP contribution in [0.4, 0.5) is 0 Å². The van der Waals surface area contributed by atoms with E-state index in [0.29, 0.717) is 0 Å². The maximum Gasteiger partial charge on any atom is 0.255 e. The van der Waals surface area contributed by atoms with Crippen molar-refractivity contribution >= 4 is 51.4 Å². The number of benzene rings is 1. The van der Waals surface area contributed by atoms with Crippen LogP contribution in [0, 0.1) is 2.88 Å². The Bertz CT molecular complexity index is 642. The van der Waals surface area contributed by atoms with Gasteiger partial charge < -0.3 is 4.90 Å². The second-order valence-electron chi connectivity index (χ2n) is 4.82. The minimum atomic E-state index is 0.105. The predicted octanol–water partition coefficient (Wildman–Crippen LogP) is 4.98. The van der Waals surface area contributed by atoms with Crippen LogP contribution in [-0.4, -0.2) is 17.4 Å². The van der Waals surface area contributed by atoms with Gasteiger partial charge in [-0.3, -0.25) is 4.79 Å². The predicted molar refractivity (Wildman–Crippen MR) is 91.5 cm³/mol. The number of carbonyl (C=O) groups is 1. The summed E-state index contributed by atoms with van der Waals surface area (Å²) >= 11 is 10.1. The second kappa shape index (κ2) is 6.03. The number of amides is 1. The van der Waals surface area contributed by atoms with Gasteiger partial charge in [-0.05, 0) is 53.1 Å². The zero-order chi connectivity index (χ0) is 14.1. The van der Waals surface area contributed by atoms with Gasteiger partial charge >= 0.3 is 0 Å². The van der Waals surface area contributed by atoms with Crippen LogP contribution in [0.1, 0.15) is 34.8 Å². The topological polar surface area (TPSA) is 20.3 Å². The average molecular weight is 418 g/mol. The number of carbonyl (C=O) groups excluding carboxylic acids is 1. The number of thiophene rings is 1. The van der Waals surface area contributed by atoms with E-state index in [2.05, 4.69) is 22.6 Å². The van der Waals surface area contributed by atoms with Crippen molar-refractivity contribution in [1.29, 1.82) is 0 Å². The lowest BCUT2D eigenvalue weighted by Crippen LogP contribution is -2.30. The Morgan fingerprint density at radius 1 is 1.40 bits per heavy atom. The molecule has 1 unspecified atom stereocenters. The van der Waals surface area contributed by atoms with Crippen LogP contribution >= 0.6 is 45.5 Å². The fraction of sp³-hybridized carbons (Fsp3) is 0.267. The highest BCUT2D eigenvalue weighted by Crippen LogP contribution is 2.36. The molecule has 1 aromatic carbocycles.